The first-order chi connectivity index (χ1) is 8.74. The maximum atomic E-state index is 10.4. The van der Waals surface area contributed by atoms with E-state index in [2.05, 4.69) is 15.5 Å². The molecular formula is C12H19N3O3. The molecule has 6 heteroatoms. The molecule has 0 amide bonds. The van der Waals surface area contributed by atoms with Gasteiger partial charge in [0.2, 0.25) is 5.89 Å². The Morgan fingerprint density at radius 2 is 2.11 bits per heavy atom. The van der Waals surface area contributed by atoms with Crippen LogP contribution < -0.4 is 5.32 Å². The number of anilines is 1. The van der Waals surface area contributed by atoms with Gasteiger partial charge in [0.25, 0.3) is 0 Å². The van der Waals surface area contributed by atoms with Crippen LogP contribution in [-0.4, -0.2) is 27.3 Å². The van der Waals surface area contributed by atoms with E-state index in [1.54, 1.807) is 0 Å². The molecule has 18 heavy (non-hydrogen) atoms. The molecule has 0 aromatic carbocycles. The molecule has 0 spiro atoms. The van der Waals surface area contributed by atoms with E-state index < -0.39 is 5.97 Å². The summed E-state index contributed by atoms with van der Waals surface area (Å²) in [4.78, 5) is 10.4. The van der Waals surface area contributed by atoms with Gasteiger partial charge in [-0.3, -0.25) is 4.79 Å². The predicted octanol–water partition coefficient (Wildman–Crippen LogP) is 2.22. The van der Waals surface area contributed by atoms with Gasteiger partial charge in [0.15, 0.2) is 0 Å². The Labute approximate surface area is 106 Å². The van der Waals surface area contributed by atoms with Crippen LogP contribution in [0.3, 0.4) is 0 Å². The molecule has 1 aliphatic rings. The molecule has 1 aromatic rings. The Morgan fingerprint density at radius 3 is 2.83 bits per heavy atom. The van der Waals surface area contributed by atoms with Crippen LogP contribution in [0.4, 0.5) is 6.01 Å². The van der Waals surface area contributed by atoms with E-state index >= 15 is 0 Å². The lowest BCUT2D eigenvalue weighted by Gasteiger charge is -2.21. The molecule has 100 valence electrons. The molecule has 0 bridgehead atoms. The number of hydrogen-bond donors (Lipinski definition) is 2. The third-order valence-corrected chi connectivity index (χ3v) is 3.18. The lowest BCUT2D eigenvalue weighted by molar-refractivity contribution is -0.137. The van der Waals surface area contributed by atoms with E-state index in [4.69, 9.17) is 9.52 Å². The summed E-state index contributed by atoms with van der Waals surface area (Å²) in [5.41, 5.74) is 0. The van der Waals surface area contributed by atoms with Gasteiger partial charge in [0, 0.05) is 18.9 Å². The number of nitrogens with one attached hydrogen (secondary N) is 1. The first kappa shape index (κ1) is 12.9. The highest BCUT2D eigenvalue weighted by Gasteiger charge is 2.15. The Hall–Kier alpha value is -1.59. The Bertz CT molecular complexity index is 386. The van der Waals surface area contributed by atoms with Crippen molar-refractivity contribution in [2.45, 2.75) is 57.4 Å². The third-order valence-electron chi connectivity index (χ3n) is 3.18. The van der Waals surface area contributed by atoms with Crippen LogP contribution in [0, 0.1) is 0 Å². The van der Waals surface area contributed by atoms with Gasteiger partial charge in [0.05, 0.1) is 0 Å². The molecule has 2 N–H and O–H groups in total. The molecular weight excluding hydrogens is 234 g/mol. The maximum absolute atomic E-state index is 10.4. The van der Waals surface area contributed by atoms with Crippen LogP contribution in [0.15, 0.2) is 4.42 Å². The topological polar surface area (TPSA) is 88.2 Å². The van der Waals surface area contributed by atoms with E-state index in [9.17, 15) is 4.79 Å². The third kappa shape index (κ3) is 4.01. The second-order valence-corrected chi connectivity index (χ2v) is 4.73. The van der Waals surface area contributed by atoms with Gasteiger partial charge in [-0.15, -0.1) is 5.10 Å². The predicted molar refractivity (Wildman–Crippen MR) is 65.4 cm³/mol. The minimum absolute atomic E-state index is 0.133. The smallest absolute Gasteiger partial charge is 0.315 e. The number of aryl methyl sites for hydroxylation is 1. The summed E-state index contributed by atoms with van der Waals surface area (Å²) in [5.74, 6) is -0.287. The van der Waals surface area contributed by atoms with Crippen molar-refractivity contribution in [1.82, 2.24) is 10.2 Å². The quantitative estimate of drug-likeness (QED) is 0.808. The molecule has 0 saturated heterocycles. The second kappa shape index (κ2) is 6.37. The number of nitrogens with zero attached hydrogens (tertiary/aromatic N) is 2. The highest BCUT2D eigenvalue weighted by molar-refractivity contribution is 5.66. The molecule has 1 fully saturated rings. The molecule has 1 saturated carbocycles. The van der Waals surface area contributed by atoms with Crippen LogP contribution >= 0.6 is 0 Å². The molecule has 1 heterocycles. The van der Waals surface area contributed by atoms with Crippen LogP contribution in [0.25, 0.3) is 0 Å². The van der Waals surface area contributed by atoms with Crippen molar-refractivity contribution in [1.29, 1.82) is 0 Å². The number of aromatic nitrogens is 2. The zero-order valence-electron chi connectivity index (χ0n) is 10.4. The normalized spacial score (nSPS) is 16.7. The average molecular weight is 253 g/mol. The highest BCUT2D eigenvalue weighted by Crippen LogP contribution is 2.21. The summed E-state index contributed by atoms with van der Waals surface area (Å²) >= 11 is 0. The van der Waals surface area contributed by atoms with Crippen LogP contribution in [0.1, 0.15) is 50.8 Å². The number of carboxylic acid groups (broad SMARTS) is 1. The summed E-state index contributed by atoms with van der Waals surface area (Å²) in [6.45, 7) is 0. The Balaban J connectivity index is 1.76. The fourth-order valence-corrected chi connectivity index (χ4v) is 2.23. The Kier molecular flexibility index (Phi) is 4.55. The van der Waals surface area contributed by atoms with Crippen LogP contribution in [0.5, 0.6) is 0 Å². The Morgan fingerprint density at radius 1 is 1.33 bits per heavy atom. The molecule has 0 aliphatic heterocycles. The number of carboxylic acids is 1. The minimum Gasteiger partial charge on any atom is -0.481 e. The summed E-state index contributed by atoms with van der Waals surface area (Å²) in [7, 11) is 0. The zero-order chi connectivity index (χ0) is 12.8. The first-order valence-electron chi connectivity index (χ1n) is 6.55. The zero-order valence-corrected chi connectivity index (χ0v) is 10.4. The van der Waals surface area contributed by atoms with E-state index in [1.807, 2.05) is 0 Å². The van der Waals surface area contributed by atoms with Crippen molar-refractivity contribution in [3.63, 3.8) is 0 Å². The molecule has 0 radical (unpaired) electrons. The fraction of sp³-hybridized carbons (Fsp3) is 0.750. The van der Waals surface area contributed by atoms with Crippen molar-refractivity contribution in [2.24, 2.45) is 0 Å². The van der Waals surface area contributed by atoms with Gasteiger partial charge >= 0.3 is 12.0 Å². The molecule has 1 aromatic heterocycles. The first-order valence-corrected chi connectivity index (χ1v) is 6.55. The summed E-state index contributed by atoms with van der Waals surface area (Å²) in [5, 5.41) is 19.6. The molecule has 2 rings (SSSR count). The molecule has 0 atom stereocenters. The van der Waals surface area contributed by atoms with Crippen molar-refractivity contribution in [3.8, 4) is 0 Å². The van der Waals surface area contributed by atoms with Crippen molar-refractivity contribution in [3.05, 3.63) is 5.89 Å². The number of aliphatic carboxylic acids is 1. The van der Waals surface area contributed by atoms with Gasteiger partial charge in [-0.1, -0.05) is 24.4 Å². The lowest BCUT2D eigenvalue weighted by atomic mass is 9.96. The largest absolute Gasteiger partial charge is 0.481 e. The average Bonchev–Trinajstić information content (AvgIpc) is 2.78. The maximum Gasteiger partial charge on any atom is 0.315 e. The van der Waals surface area contributed by atoms with Gasteiger partial charge in [-0.25, -0.2) is 0 Å². The van der Waals surface area contributed by atoms with Crippen LogP contribution in [-0.2, 0) is 11.2 Å². The fourth-order valence-electron chi connectivity index (χ4n) is 2.23. The van der Waals surface area contributed by atoms with Gasteiger partial charge in [0.1, 0.15) is 0 Å². The standard InChI is InChI=1S/C12H19N3O3/c16-11(17)8-4-7-10-14-15-12(18-10)13-9-5-2-1-3-6-9/h9H,1-8H2,(H,13,15)(H,16,17). The monoisotopic (exact) mass is 253 g/mol. The molecule has 6 nitrogen and oxygen atoms in total. The lowest BCUT2D eigenvalue weighted by Crippen LogP contribution is -2.22. The van der Waals surface area contributed by atoms with Crippen molar-refractivity contribution in [2.75, 3.05) is 5.32 Å². The SMILES string of the molecule is O=C(O)CCCc1nnc(NC2CCCCC2)o1. The van der Waals surface area contributed by atoms with Crippen molar-refractivity contribution < 1.29 is 14.3 Å². The number of carbonyl (C=O) groups is 1. The molecule has 1 aliphatic carbocycles. The van der Waals surface area contributed by atoms with Crippen molar-refractivity contribution >= 4 is 12.0 Å². The minimum atomic E-state index is -0.796. The summed E-state index contributed by atoms with van der Waals surface area (Å²) in [6.07, 6.45) is 7.28. The number of rotatable bonds is 6. The van der Waals surface area contributed by atoms with Crippen LogP contribution in [0.2, 0.25) is 0 Å². The number of hydrogen-bond acceptors (Lipinski definition) is 5. The van der Waals surface area contributed by atoms with Gasteiger partial charge in [-0.05, 0) is 19.3 Å². The van der Waals surface area contributed by atoms with E-state index in [0.29, 0.717) is 30.8 Å². The van der Waals surface area contributed by atoms with E-state index in [-0.39, 0.29) is 6.42 Å². The summed E-state index contributed by atoms with van der Waals surface area (Å²) in [6, 6.07) is 0.901. The second-order valence-electron chi connectivity index (χ2n) is 4.73. The highest BCUT2D eigenvalue weighted by atomic mass is 16.4. The molecule has 0 unspecified atom stereocenters. The van der Waals surface area contributed by atoms with E-state index in [0.717, 1.165) is 12.8 Å². The summed E-state index contributed by atoms with van der Waals surface area (Å²) < 4.78 is 5.44. The van der Waals surface area contributed by atoms with E-state index in [1.165, 1.54) is 19.3 Å². The van der Waals surface area contributed by atoms with Gasteiger partial charge in [-0.2, -0.15) is 0 Å². The van der Waals surface area contributed by atoms with Gasteiger partial charge < -0.3 is 14.8 Å².